The second-order valence-electron chi connectivity index (χ2n) is 5.51. The minimum atomic E-state index is 0.0255. The maximum atomic E-state index is 9.01. The Morgan fingerprint density at radius 3 is 2.27 bits per heavy atom. The van der Waals surface area contributed by atoms with Gasteiger partial charge in [0.2, 0.25) is 11.7 Å². The van der Waals surface area contributed by atoms with Gasteiger partial charge in [-0.1, -0.05) is 43.3 Å². The number of aromatic nitrogens is 2. The van der Waals surface area contributed by atoms with Crippen LogP contribution in [0, 0.1) is 0 Å². The van der Waals surface area contributed by atoms with Crippen LogP contribution in [-0.2, 0) is 6.54 Å². The van der Waals surface area contributed by atoms with E-state index in [0.717, 1.165) is 5.56 Å². The van der Waals surface area contributed by atoms with Crippen molar-refractivity contribution in [1.29, 1.82) is 0 Å². The largest absolute Gasteiger partial charge is 0.395 e. The van der Waals surface area contributed by atoms with Gasteiger partial charge in [-0.05, 0) is 11.5 Å². The maximum Gasteiger partial charge on any atom is 0.241 e. The molecule has 1 heterocycles. The highest BCUT2D eigenvalue weighted by atomic mass is 16.5. The standard InChI is InChI=1S/C16H23N3O3/c1-12(2)13-3-5-14(6-4-13)16-17-15(22-18-16)11-19(7-9-20)8-10-21/h3-6,12,20-21H,7-11H2,1-2H3. The van der Waals surface area contributed by atoms with E-state index in [1.165, 1.54) is 5.56 Å². The van der Waals surface area contributed by atoms with E-state index < -0.39 is 0 Å². The highest BCUT2D eigenvalue weighted by Gasteiger charge is 2.13. The van der Waals surface area contributed by atoms with Crippen LogP contribution in [0.25, 0.3) is 11.4 Å². The van der Waals surface area contributed by atoms with Gasteiger partial charge in [-0.25, -0.2) is 0 Å². The third kappa shape index (κ3) is 4.37. The lowest BCUT2D eigenvalue weighted by atomic mass is 10.0. The summed E-state index contributed by atoms with van der Waals surface area (Å²) < 4.78 is 5.25. The Morgan fingerprint density at radius 1 is 1.09 bits per heavy atom. The van der Waals surface area contributed by atoms with E-state index in [4.69, 9.17) is 14.7 Å². The van der Waals surface area contributed by atoms with Crippen LogP contribution in [0.4, 0.5) is 0 Å². The van der Waals surface area contributed by atoms with Crippen LogP contribution in [-0.4, -0.2) is 51.6 Å². The predicted octanol–water partition coefficient (Wildman–Crippen LogP) is 1.65. The summed E-state index contributed by atoms with van der Waals surface area (Å²) in [4.78, 5) is 6.24. The first-order chi connectivity index (χ1) is 10.6. The van der Waals surface area contributed by atoms with Crippen LogP contribution in [0.15, 0.2) is 28.8 Å². The van der Waals surface area contributed by atoms with E-state index in [0.29, 0.717) is 37.3 Å². The molecule has 120 valence electrons. The molecule has 0 amide bonds. The molecule has 0 fully saturated rings. The molecule has 0 aliphatic carbocycles. The fraction of sp³-hybridized carbons (Fsp3) is 0.500. The quantitative estimate of drug-likeness (QED) is 0.771. The lowest BCUT2D eigenvalue weighted by Crippen LogP contribution is -2.29. The van der Waals surface area contributed by atoms with Crippen molar-refractivity contribution < 1.29 is 14.7 Å². The first kappa shape index (κ1) is 16.6. The zero-order valence-corrected chi connectivity index (χ0v) is 13.1. The van der Waals surface area contributed by atoms with E-state index >= 15 is 0 Å². The van der Waals surface area contributed by atoms with E-state index in [1.54, 1.807) is 0 Å². The molecule has 0 radical (unpaired) electrons. The molecule has 0 spiro atoms. The van der Waals surface area contributed by atoms with Gasteiger partial charge in [0.25, 0.3) is 0 Å². The molecule has 6 heteroatoms. The molecule has 2 rings (SSSR count). The molecule has 0 atom stereocenters. The topological polar surface area (TPSA) is 82.6 Å². The van der Waals surface area contributed by atoms with Gasteiger partial charge >= 0.3 is 0 Å². The Bertz CT molecular complexity index is 560. The molecule has 2 aromatic rings. The van der Waals surface area contributed by atoms with Gasteiger partial charge in [0.1, 0.15) is 0 Å². The number of nitrogens with zero attached hydrogens (tertiary/aromatic N) is 3. The van der Waals surface area contributed by atoms with Crippen molar-refractivity contribution in [3.8, 4) is 11.4 Å². The van der Waals surface area contributed by atoms with Gasteiger partial charge in [0.05, 0.1) is 19.8 Å². The first-order valence-corrected chi connectivity index (χ1v) is 7.51. The molecule has 1 aromatic heterocycles. The molecule has 0 saturated carbocycles. The zero-order chi connectivity index (χ0) is 15.9. The summed E-state index contributed by atoms with van der Waals surface area (Å²) in [7, 11) is 0. The van der Waals surface area contributed by atoms with E-state index in [9.17, 15) is 0 Å². The molecule has 22 heavy (non-hydrogen) atoms. The van der Waals surface area contributed by atoms with Crippen molar-refractivity contribution in [2.75, 3.05) is 26.3 Å². The number of hydrogen-bond donors (Lipinski definition) is 2. The summed E-state index contributed by atoms with van der Waals surface area (Å²) in [6, 6.07) is 8.12. The summed E-state index contributed by atoms with van der Waals surface area (Å²) >= 11 is 0. The lowest BCUT2D eigenvalue weighted by Gasteiger charge is -2.17. The molecule has 0 unspecified atom stereocenters. The Hall–Kier alpha value is -1.76. The maximum absolute atomic E-state index is 9.01. The summed E-state index contributed by atoms with van der Waals surface area (Å²) in [5.74, 6) is 1.52. The molecular weight excluding hydrogens is 282 g/mol. The summed E-state index contributed by atoms with van der Waals surface area (Å²) in [5.41, 5.74) is 2.18. The zero-order valence-electron chi connectivity index (χ0n) is 13.1. The number of rotatable bonds is 8. The van der Waals surface area contributed by atoms with Gasteiger partial charge in [0, 0.05) is 18.7 Å². The third-order valence-corrected chi connectivity index (χ3v) is 3.49. The van der Waals surface area contributed by atoms with Gasteiger partial charge in [-0.15, -0.1) is 0 Å². The van der Waals surface area contributed by atoms with Gasteiger partial charge in [0.15, 0.2) is 0 Å². The first-order valence-electron chi connectivity index (χ1n) is 7.51. The van der Waals surface area contributed by atoms with Crippen molar-refractivity contribution in [1.82, 2.24) is 15.0 Å². The van der Waals surface area contributed by atoms with Crippen molar-refractivity contribution in [3.63, 3.8) is 0 Å². The molecule has 6 nitrogen and oxygen atoms in total. The Balaban J connectivity index is 2.06. The van der Waals surface area contributed by atoms with Crippen molar-refractivity contribution >= 4 is 0 Å². The van der Waals surface area contributed by atoms with Crippen LogP contribution in [0.3, 0.4) is 0 Å². The second kappa shape index (κ2) is 8.03. The van der Waals surface area contributed by atoms with Crippen LogP contribution in [0.5, 0.6) is 0 Å². The van der Waals surface area contributed by atoms with E-state index in [-0.39, 0.29) is 13.2 Å². The minimum absolute atomic E-state index is 0.0255. The average molecular weight is 305 g/mol. The monoisotopic (exact) mass is 305 g/mol. The van der Waals surface area contributed by atoms with Crippen molar-refractivity contribution in [3.05, 3.63) is 35.7 Å². The second-order valence-corrected chi connectivity index (χ2v) is 5.51. The number of benzene rings is 1. The smallest absolute Gasteiger partial charge is 0.241 e. The van der Waals surface area contributed by atoms with Gasteiger partial charge in [-0.2, -0.15) is 4.98 Å². The van der Waals surface area contributed by atoms with Crippen molar-refractivity contribution in [2.45, 2.75) is 26.3 Å². The summed E-state index contributed by atoms with van der Waals surface area (Å²) in [6.45, 7) is 5.69. The van der Waals surface area contributed by atoms with E-state index in [2.05, 4.69) is 36.1 Å². The third-order valence-electron chi connectivity index (χ3n) is 3.49. The number of aliphatic hydroxyl groups excluding tert-OH is 2. The van der Waals surface area contributed by atoms with E-state index in [1.807, 2.05) is 17.0 Å². The Kier molecular flexibility index (Phi) is 6.06. The molecule has 0 saturated heterocycles. The predicted molar refractivity (Wildman–Crippen MR) is 83.3 cm³/mol. The fourth-order valence-corrected chi connectivity index (χ4v) is 2.20. The normalized spacial score (nSPS) is 11.5. The average Bonchev–Trinajstić information content (AvgIpc) is 2.96. The number of aliphatic hydroxyl groups is 2. The lowest BCUT2D eigenvalue weighted by molar-refractivity contribution is 0.143. The SMILES string of the molecule is CC(C)c1ccc(-c2noc(CN(CCO)CCO)n2)cc1. The molecule has 0 bridgehead atoms. The van der Waals surface area contributed by atoms with Crippen LogP contribution in [0.2, 0.25) is 0 Å². The Morgan fingerprint density at radius 2 is 1.73 bits per heavy atom. The fourth-order valence-electron chi connectivity index (χ4n) is 2.20. The summed E-state index contributed by atoms with van der Waals surface area (Å²) in [6.07, 6.45) is 0. The molecule has 2 N–H and O–H groups in total. The Labute approximate surface area is 130 Å². The molecule has 0 aliphatic heterocycles. The van der Waals surface area contributed by atoms with Crippen LogP contribution >= 0.6 is 0 Å². The molecule has 1 aromatic carbocycles. The summed E-state index contributed by atoms with van der Waals surface area (Å²) in [5, 5.41) is 22.0. The van der Waals surface area contributed by atoms with Crippen LogP contribution < -0.4 is 0 Å². The molecular formula is C16H23N3O3. The highest BCUT2D eigenvalue weighted by Crippen LogP contribution is 2.20. The number of hydrogen-bond acceptors (Lipinski definition) is 6. The molecule has 0 aliphatic rings. The van der Waals surface area contributed by atoms with Gasteiger partial charge < -0.3 is 14.7 Å². The van der Waals surface area contributed by atoms with Crippen molar-refractivity contribution in [2.24, 2.45) is 0 Å². The van der Waals surface area contributed by atoms with Gasteiger partial charge in [-0.3, -0.25) is 4.90 Å². The minimum Gasteiger partial charge on any atom is -0.395 e. The highest BCUT2D eigenvalue weighted by molar-refractivity contribution is 5.54. The van der Waals surface area contributed by atoms with Crippen LogP contribution in [0.1, 0.15) is 31.2 Å².